The van der Waals surface area contributed by atoms with E-state index in [1.54, 1.807) is 0 Å². The van der Waals surface area contributed by atoms with Crippen LogP contribution in [0.1, 0.15) is 148 Å². The maximum Gasteiger partial charge on any atom is 0.311 e. The first kappa shape index (κ1) is 30.5. The summed E-state index contributed by atoms with van der Waals surface area (Å²) < 4.78 is 5.29. The lowest BCUT2D eigenvalue weighted by atomic mass is 10.0. The second-order valence-electron chi connectivity index (χ2n) is 9.95. The summed E-state index contributed by atoms with van der Waals surface area (Å²) >= 11 is 0. The Morgan fingerprint density at radius 2 is 1.00 bits per heavy atom. The Bertz CT molecular complexity index is 578. The van der Waals surface area contributed by atoms with Gasteiger partial charge in [-0.1, -0.05) is 153 Å². The van der Waals surface area contributed by atoms with Crippen LogP contribution in [0.25, 0.3) is 0 Å². The van der Waals surface area contributed by atoms with E-state index in [9.17, 15) is 4.79 Å². The summed E-state index contributed by atoms with van der Waals surface area (Å²) in [6, 6.07) is 9.30. The normalized spacial score (nSPS) is 11.3. The van der Waals surface area contributed by atoms with Crippen LogP contribution in [0.4, 0.5) is 0 Å². The van der Waals surface area contributed by atoms with Crippen molar-refractivity contribution in [3.63, 3.8) is 0 Å². The van der Waals surface area contributed by atoms with Crippen LogP contribution < -0.4 is 4.74 Å². The second-order valence-corrected chi connectivity index (χ2v) is 9.95. The Morgan fingerprint density at radius 1 is 0.588 bits per heavy atom. The van der Waals surface area contributed by atoms with Gasteiger partial charge in [0.05, 0.1) is 0 Å². The largest absolute Gasteiger partial charge is 0.427 e. The Labute approximate surface area is 212 Å². The minimum atomic E-state index is -0.153. The zero-order chi connectivity index (χ0) is 24.4. The van der Waals surface area contributed by atoms with E-state index in [1.165, 1.54) is 122 Å². The lowest BCUT2D eigenvalue weighted by Crippen LogP contribution is -2.06. The SMILES string of the molecule is CCCCCCCCCCCCCCCCCCCCC/C=C/CCC(=O)Oc1ccccc1. The molecule has 0 fully saturated rings. The summed E-state index contributed by atoms with van der Waals surface area (Å²) in [5, 5.41) is 0. The molecule has 194 valence electrons. The molecule has 0 N–H and O–H groups in total. The molecule has 0 aliphatic rings. The van der Waals surface area contributed by atoms with Crippen LogP contribution in [-0.4, -0.2) is 5.97 Å². The molecule has 0 aromatic heterocycles. The first-order valence-electron chi connectivity index (χ1n) is 14.7. The number of allylic oxidation sites excluding steroid dienone is 2. The number of ether oxygens (including phenoxy) is 1. The first-order chi connectivity index (χ1) is 16.8. The second kappa shape index (κ2) is 24.6. The smallest absolute Gasteiger partial charge is 0.311 e. The van der Waals surface area contributed by atoms with Crippen LogP contribution in [0, 0.1) is 0 Å². The van der Waals surface area contributed by atoms with E-state index in [1.807, 2.05) is 30.3 Å². The predicted octanol–water partition coefficient (Wildman–Crippen LogP) is 10.8. The van der Waals surface area contributed by atoms with Gasteiger partial charge in [0.1, 0.15) is 5.75 Å². The molecular weight excluding hydrogens is 416 g/mol. The fraction of sp³-hybridized carbons (Fsp3) is 0.719. The summed E-state index contributed by atoms with van der Waals surface area (Å²) in [7, 11) is 0. The average molecular weight is 471 g/mol. The summed E-state index contributed by atoms with van der Waals surface area (Å²) in [6.07, 6.45) is 33.7. The number of unbranched alkanes of at least 4 members (excludes halogenated alkanes) is 19. The molecule has 2 nitrogen and oxygen atoms in total. The Balaban J connectivity index is 1.73. The molecule has 0 heterocycles. The fourth-order valence-corrected chi connectivity index (χ4v) is 4.45. The van der Waals surface area contributed by atoms with Gasteiger partial charge in [-0.3, -0.25) is 4.79 Å². The highest BCUT2D eigenvalue weighted by Gasteiger charge is 2.02. The summed E-state index contributed by atoms with van der Waals surface area (Å²) in [4.78, 5) is 11.8. The molecule has 0 aliphatic carbocycles. The van der Waals surface area contributed by atoms with E-state index in [4.69, 9.17) is 4.74 Å². The maximum atomic E-state index is 11.8. The molecule has 1 rings (SSSR count). The van der Waals surface area contributed by atoms with E-state index in [2.05, 4.69) is 19.1 Å². The summed E-state index contributed by atoms with van der Waals surface area (Å²) in [5.41, 5.74) is 0. The molecular formula is C32H54O2. The van der Waals surface area contributed by atoms with Crippen molar-refractivity contribution in [3.05, 3.63) is 42.5 Å². The van der Waals surface area contributed by atoms with Crippen LogP contribution in [0.3, 0.4) is 0 Å². The molecule has 0 atom stereocenters. The highest BCUT2D eigenvalue weighted by Crippen LogP contribution is 2.15. The van der Waals surface area contributed by atoms with Crippen LogP contribution in [-0.2, 0) is 4.79 Å². The maximum absolute atomic E-state index is 11.8. The number of para-hydroxylation sites is 1. The minimum Gasteiger partial charge on any atom is -0.427 e. The third-order valence-corrected chi connectivity index (χ3v) is 6.63. The van der Waals surface area contributed by atoms with Gasteiger partial charge in [0, 0.05) is 6.42 Å². The molecule has 0 saturated carbocycles. The molecule has 0 spiro atoms. The van der Waals surface area contributed by atoms with Crippen molar-refractivity contribution in [1.82, 2.24) is 0 Å². The number of carbonyl (C=O) groups is 1. The first-order valence-corrected chi connectivity index (χ1v) is 14.7. The third-order valence-electron chi connectivity index (χ3n) is 6.63. The van der Waals surface area contributed by atoms with Gasteiger partial charge < -0.3 is 4.74 Å². The van der Waals surface area contributed by atoms with Crippen molar-refractivity contribution < 1.29 is 9.53 Å². The lowest BCUT2D eigenvalue weighted by Gasteiger charge is -2.04. The number of esters is 1. The molecule has 0 bridgehead atoms. The van der Waals surface area contributed by atoms with Gasteiger partial charge in [-0.05, 0) is 31.4 Å². The average Bonchev–Trinajstić information content (AvgIpc) is 2.85. The van der Waals surface area contributed by atoms with E-state index in [0.29, 0.717) is 12.2 Å². The third kappa shape index (κ3) is 21.0. The van der Waals surface area contributed by atoms with E-state index in [-0.39, 0.29) is 5.97 Å². The summed E-state index contributed by atoms with van der Waals surface area (Å²) in [5.74, 6) is 0.477. The van der Waals surface area contributed by atoms with E-state index < -0.39 is 0 Å². The Kier molecular flexibility index (Phi) is 22.0. The van der Waals surface area contributed by atoms with Gasteiger partial charge in [0.15, 0.2) is 0 Å². The predicted molar refractivity (Wildman–Crippen MR) is 148 cm³/mol. The molecule has 1 aromatic rings. The fourth-order valence-electron chi connectivity index (χ4n) is 4.45. The number of hydrogen-bond acceptors (Lipinski definition) is 2. The highest BCUT2D eigenvalue weighted by molar-refractivity contribution is 5.72. The zero-order valence-corrected chi connectivity index (χ0v) is 22.4. The molecule has 34 heavy (non-hydrogen) atoms. The quantitative estimate of drug-likeness (QED) is 0.0649. The van der Waals surface area contributed by atoms with Crippen molar-refractivity contribution in [2.45, 2.75) is 148 Å². The van der Waals surface area contributed by atoms with Crippen molar-refractivity contribution in [1.29, 1.82) is 0 Å². The van der Waals surface area contributed by atoms with Crippen molar-refractivity contribution >= 4 is 5.97 Å². The van der Waals surface area contributed by atoms with Gasteiger partial charge in [-0.25, -0.2) is 0 Å². The number of carbonyl (C=O) groups excluding carboxylic acids is 1. The molecule has 0 amide bonds. The topological polar surface area (TPSA) is 26.3 Å². The molecule has 0 radical (unpaired) electrons. The van der Waals surface area contributed by atoms with Crippen molar-refractivity contribution in [2.75, 3.05) is 0 Å². The van der Waals surface area contributed by atoms with E-state index in [0.717, 1.165) is 12.8 Å². The number of benzene rings is 1. The van der Waals surface area contributed by atoms with Crippen LogP contribution in [0.2, 0.25) is 0 Å². The Hall–Kier alpha value is -1.57. The molecule has 0 unspecified atom stereocenters. The van der Waals surface area contributed by atoms with Gasteiger partial charge in [0.2, 0.25) is 0 Å². The monoisotopic (exact) mass is 470 g/mol. The molecule has 2 heteroatoms. The van der Waals surface area contributed by atoms with Crippen LogP contribution in [0.5, 0.6) is 5.75 Å². The lowest BCUT2D eigenvalue weighted by molar-refractivity contribution is -0.134. The molecule has 0 saturated heterocycles. The minimum absolute atomic E-state index is 0.153. The van der Waals surface area contributed by atoms with Crippen molar-refractivity contribution in [2.24, 2.45) is 0 Å². The van der Waals surface area contributed by atoms with E-state index >= 15 is 0 Å². The van der Waals surface area contributed by atoms with Crippen LogP contribution >= 0.6 is 0 Å². The van der Waals surface area contributed by atoms with Crippen LogP contribution in [0.15, 0.2) is 42.5 Å². The highest BCUT2D eigenvalue weighted by atomic mass is 16.5. The van der Waals surface area contributed by atoms with Gasteiger partial charge >= 0.3 is 5.97 Å². The van der Waals surface area contributed by atoms with Gasteiger partial charge in [-0.15, -0.1) is 0 Å². The zero-order valence-electron chi connectivity index (χ0n) is 22.4. The standard InChI is InChI=1S/C32H54O2/c1-2-3-4-5-6-7-8-9-10-11-12-13-14-15-16-17-18-19-20-21-22-23-27-30-32(33)34-31-28-25-24-26-29-31/h22-26,28-29H,2-21,27,30H2,1H3/b23-22+. The number of hydrogen-bond donors (Lipinski definition) is 0. The molecule has 0 aliphatic heterocycles. The molecule has 1 aromatic carbocycles. The summed E-state index contributed by atoms with van der Waals surface area (Å²) in [6.45, 7) is 2.29. The number of rotatable bonds is 24. The van der Waals surface area contributed by atoms with Crippen molar-refractivity contribution in [3.8, 4) is 5.75 Å². The van der Waals surface area contributed by atoms with Gasteiger partial charge in [0.25, 0.3) is 0 Å². The van der Waals surface area contributed by atoms with Gasteiger partial charge in [-0.2, -0.15) is 0 Å². The Morgan fingerprint density at radius 3 is 1.47 bits per heavy atom.